The highest BCUT2D eigenvalue weighted by Crippen LogP contribution is 2.23. The molecular formula is C13H18N4O. The van der Waals surface area contributed by atoms with E-state index in [1.165, 1.54) is 0 Å². The van der Waals surface area contributed by atoms with Crippen LogP contribution in [-0.2, 0) is 13.6 Å². The first-order chi connectivity index (χ1) is 8.59. The summed E-state index contributed by atoms with van der Waals surface area (Å²) in [6.07, 6.45) is 4.89. The zero-order valence-corrected chi connectivity index (χ0v) is 10.9. The second kappa shape index (κ2) is 5.18. The van der Waals surface area contributed by atoms with Crippen molar-refractivity contribution in [3.8, 4) is 0 Å². The molecule has 2 aromatic heterocycles. The third kappa shape index (κ3) is 2.51. The summed E-state index contributed by atoms with van der Waals surface area (Å²) >= 11 is 0. The molecule has 5 heteroatoms. The minimum atomic E-state index is -0.530. The van der Waals surface area contributed by atoms with Gasteiger partial charge in [0, 0.05) is 38.2 Å². The lowest BCUT2D eigenvalue weighted by Gasteiger charge is -2.21. The van der Waals surface area contributed by atoms with Gasteiger partial charge in [-0.25, -0.2) is 9.97 Å². The predicted octanol–water partition coefficient (Wildman–Crippen LogP) is 1.50. The normalized spacial score (nSPS) is 12.4. The lowest BCUT2D eigenvalue weighted by molar-refractivity contribution is 0.199. The van der Waals surface area contributed by atoms with E-state index in [0.717, 1.165) is 17.2 Å². The van der Waals surface area contributed by atoms with Crippen LogP contribution in [0.25, 0.3) is 0 Å². The number of rotatable bonds is 4. The summed E-state index contributed by atoms with van der Waals surface area (Å²) in [5.41, 5.74) is 0.828. The fraction of sp³-hybridized carbons (Fsp3) is 0.385. The summed E-state index contributed by atoms with van der Waals surface area (Å²) in [6, 6.07) is 3.72. The number of nitrogens with zero attached hydrogens (tertiary/aromatic N) is 4. The maximum absolute atomic E-state index is 9.75. The summed E-state index contributed by atoms with van der Waals surface area (Å²) in [5.74, 6) is 1.75. The van der Waals surface area contributed by atoms with E-state index >= 15 is 0 Å². The lowest BCUT2D eigenvalue weighted by atomic mass is 10.1. The second-order valence-electron chi connectivity index (χ2n) is 4.40. The van der Waals surface area contributed by atoms with Gasteiger partial charge in [0.2, 0.25) is 0 Å². The Hall–Kier alpha value is -1.88. The van der Waals surface area contributed by atoms with Crippen LogP contribution in [0.4, 0.5) is 5.82 Å². The van der Waals surface area contributed by atoms with Crippen LogP contribution in [0, 0.1) is 0 Å². The second-order valence-corrected chi connectivity index (χ2v) is 4.40. The molecule has 0 aliphatic rings. The van der Waals surface area contributed by atoms with Crippen LogP contribution in [0.1, 0.15) is 24.4 Å². The van der Waals surface area contributed by atoms with Crippen molar-refractivity contribution in [3.63, 3.8) is 0 Å². The molecule has 18 heavy (non-hydrogen) atoms. The summed E-state index contributed by atoms with van der Waals surface area (Å²) in [6.45, 7) is 2.40. The first kappa shape index (κ1) is 12.6. The zero-order chi connectivity index (χ0) is 13.1. The van der Waals surface area contributed by atoms with Gasteiger partial charge in [0.05, 0.1) is 12.6 Å². The number of aliphatic hydroxyl groups is 1. The molecular weight excluding hydrogens is 228 g/mol. The number of hydrogen-bond donors (Lipinski definition) is 1. The van der Waals surface area contributed by atoms with Gasteiger partial charge in [-0.15, -0.1) is 0 Å². The smallest absolute Gasteiger partial charge is 0.134 e. The van der Waals surface area contributed by atoms with Gasteiger partial charge in [-0.1, -0.05) is 6.07 Å². The van der Waals surface area contributed by atoms with Crippen LogP contribution >= 0.6 is 0 Å². The van der Waals surface area contributed by atoms with Crippen LogP contribution in [0.3, 0.4) is 0 Å². The topological polar surface area (TPSA) is 54.2 Å². The van der Waals surface area contributed by atoms with Gasteiger partial charge in [0.1, 0.15) is 11.6 Å². The van der Waals surface area contributed by atoms with E-state index in [1.807, 2.05) is 41.9 Å². The molecule has 2 heterocycles. The molecule has 2 aromatic rings. The number of pyridine rings is 1. The van der Waals surface area contributed by atoms with Gasteiger partial charge < -0.3 is 14.6 Å². The maximum Gasteiger partial charge on any atom is 0.134 e. The van der Waals surface area contributed by atoms with Gasteiger partial charge >= 0.3 is 0 Å². The third-order valence-corrected chi connectivity index (χ3v) is 2.93. The van der Waals surface area contributed by atoms with Gasteiger partial charge in [-0.3, -0.25) is 0 Å². The van der Waals surface area contributed by atoms with E-state index in [-0.39, 0.29) is 0 Å². The average molecular weight is 246 g/mol. The van der Waals surface area contributed by atoms with Gasteiger partial charge in [0.15, 0.2) is 0 Å². The van der Waals surface area contributed by atoms with Gasteiger partial charge in [-0.2, -0.15) is 0 Å². The molecule has 5 nitrogen and oxygen atoms in total. The molecule has 0 saturated carbocycles. The molecule has 1 N–H and O–H groups in total. The molecule has 0 spiro atoms. The quantitative estimate of drug-likeness (QED) is 0.888. The van der Waals surface area contributed by atoms with Gasteiger partial charge in [-0.05, 0) is 13.0 Å². The Morgan fingerprint density at radius 3 is 2.78 bits per heavy atom. The van der Waals surface area contributed by atoms with Crippen LogP contribution in [0.5, 0.6) is 0 Å². The fourth-order valence-electron chi connectivity index (χ4n) is 1.89. The van der Waals surface area contributed by atoms with Crippen molar-refractivity contribution in [1.82, 2.24) is 14.5 Å². The number of hydrogen-bond acceptors (Lipinski definition) is 4. The molecule has 0 aliphatic heterocycles. The molecule has 1 atom stereocenters. The van der Waals surface area contributed by atoms with Crippen LogP contribution in [0.15, 0.2) is 30.7 Å². The first-order valence-corrected chi connectivity index (χ1v) is 5.90. The monoisotopic (exact) mass is 246 g/mol. The Labute approximate surface area is 107 Å². The molecule has 0 fully saturated rings. The van der Waals surface area contributed by atoms with E-state index in [0.29, 0.717) is 6.54 Å². The highest BCUT2D eigenvalue weighted by atomic mass is 16.3. The summed E-state index contributed by atoms with van der Waals surface area (Å²) in [4.78, 5) is 10.6. The summed E-state index contributed by atoms with van der Waals surface area (Å²) in [7, 11) is 3.91. The Balaban J connectivity index is 2.24. The molecule has 0 aliphatic carbocycles. The molecule has 96 valence electrons. The number of imidazole rings is 1. The average Bonchev–Trinajstić information content (AvgIpc) is 2.75. The largest absolute Gasteiger partial charge is 0.389 e. The standard InChI is InChI=1S/C13H18N4O/c1-10(18)11-5-4-6-15-13(11)17(3)9-12-14-7-8-16(12)2/h4-8,10,18H,9H2,1-3H3/t10-/m0/s1. The Morgan fingerprint density at radius 2 is 2.17 bits per heavy atom. The Kier molecular flexibility index (Phi) is 3.62. The molecule has 0 unspecified atom stereocenters. The number of aliphatic hydroxyl groups excluding tert-OH is 1. The van der Waals surface area contributed by atoms with E-state index in [1.54, 1.807) is 19.3 Å². The highest BCUT2D eigenvalue weighted by molar-refractivity contribution is 5.47. The number of anilines is 1. The molecule has 0 bridgehead atoms. The molecule has 2 rings (SSSR count). The molecule has 0 amide bonds. The van der Waals surface area contributed by atoms with Crippen molar-refractivity contribution in [2.24, 2.45) is 7.05 Å². The van der Waals surface area contributed by atoms with Crippen LogP contribution in [-0.4, -0.2) is 26.7 Å². The fourth-order valence-corrected chi connectivity index (χ4v) is 1.89. The van der Waals surface area contributed by atoms with Crippen molar-refractivity contribution in [2.45, 2.75) is 19.6 Å². The summed E-state index contributed by atoms with van der Waals surface area (Å²) in [5, 5.41) is 9.75. The number of aryl methyl sites for hydroxylation is 1. The Morgan fingerprint density at radius 1 is 1.39 bits per heavy atom. The van der Waals surface area contributed by atoms with E-state index in [9.17, 15) is 5.11 Å². The minimum Gasteiger partial charge on any atom is -0.389 e. The highest BCUT2D eigenvalue weighted by Gasteiger charge is 2.14. The zero-order valence-electron chi connectivity index (χ0n) is 10.9. The van der Waals surface area contributed by atoms with Crippen molar-refractivity contribution in [3.05, 3.63) is 42.1 Å². The molecule has 0 saturated heterocycles. The van der Waals surface area contributed by atoms with E-state index < -0.39 is 6.10 Å². The van der Waals surface area contributed by atoms with Crippen molar-refractivity contribution in [1.29, 1.82) is 0 Å². The van der Waals surface area contributed by atoms with E-state index in [4.69, 9.17) is 0 Å². The first-order valence-electron chi connectivity index (χ1n) is 5.90. The predicted molar refractivity (Wildman–Crippen MR) is 70.2 cm³/mol. The lowest BCUT2D eigenvalue weighted by Crippen LogP contribution is -2.22. The summed E-state index contributed by atoms with van der Waals surface area (Å²) < 4.78 is 1.97. The van der Waals surface area contributed by atoms with Crippen LogP contribution in [0.2, 0.25) is 0 Å². The SMILES string of the molecule is C[C@H](O)c1cccnc1N(C)Cc1nccn1C. The van der Waals surface area contributed by atoms with E-state index in [2.05, 4.69) is 9.97 Å². The molecule has 0 aromatic carbocycles. The van der Waals surface area contributed by atoms with Crippen LogP contribution < -0.4 is 4.90 Å². The minimum absolute atomic E-state index is 0.530. The maximum atomic E-state index is 9.75. The van der Waals surface area contributed by atoms with Crippen molar-refractivity contribution >= 4 is 5.82 Å². The Bertz CT molecular complexity index is 521. The van der Waals surface area contributed by atoms with Crippen molar-refractivity contribution < 1.29 is 5.11 Å². The number of aromatic nitrogens is 3. The van der Waals surface area contributed by atoms with Gasteiger partial charge in [0.25, 0.3) is 0 Å². The molecule has 0 radical (unpaired) electrons. The third-order valence-electron chi connectivity index (χ3n) is 2.93. The van der Waals surface area contributed by atoms with Crippen molar-refractivity contribution in [2.75, 3.05) is 11.9 Å².